The molecule has 4 heteroatoms. The molecule has 1 aliphatic heterocycles. The highest BCUT2D eigenvalue weighted by Gasteiger charge is 2.22. The summed E-state index contributed by atoms with van der Waals surface area (Å²) in [5.74, 6) is 2.59. The van der Waals surface area contributed by atoms with Crippen molar-refractivity contribution in [3.05, 3.63) is 18.1 Å². The predicted molar refractivity (Wildman–Crippen MR) is 77.5 cm³/mol. The lowest BCUT2D eigenvalue weighted by atomic mass is 9.81. The summed E-state index contributed by atoms with van der Waals surface area (Å²) >= 11 is 0. The molecule has 1 saturated heterocycles. The van der Waals surface area contributed by atoms with Crippen LogP contribution in [0.4, 0.5) is 5.82 Å². The van der Waals surface area contributed by atoms with Gasteiger partial charge in [-0.15, -0.1) is 0 Å². The highest BCUT2D eigenvalue weighted by Crippen LogP contribution is 2.34. The molecule has 19 heavy (non-hydrogen) atoms. The Hall–Kier alpha value is -1.16. The van der Waals surface area contributed by atoms with E-state index in [2.05, 4.69) is 22.1 Å². The Morgan fingerprint density at radius 3 is 2.58 bits per heavy atom. The van der Waals surface area contributed by atoms with Crippen molar-refractivity contribution in [2.45, 2.75) is 38.5 Å². The maximum absolute atomic E-state index is 4.88. The minimum Gasteiger partial charge on any atom is -0.353 e. The standard InChI is InChI=1S/C15H24N4/c1-12-2-4-13(5-3-12)14-10-17-11-15(18-14)19-8-6-16-7-9-19/h10-13,16H,2-9H2,1H3. The molecule has 0 bridgehead atoms. The quantitative estimate of drug-likeness (QED) is 0.885. The van der Waals surface area contributed by atoms with Crippen molar-refractivity contribution in [2.75, 3.05) is 31.1 Å². The molecule has 104 valence electrons. The molecule has 0 aromatic carbocycles. The van der Waals surface area contributed by atoms with Gasteiger partial charge in [-0.1, -0.05) is 19.8 Å². The first kappa shape index (κ1) is 12.9. The smallest absolute Gasteiger partial charge is 0.147 e. The third-order valence-electron chi connectivity index (χ3n) is 4.52. The minimum atomic E-state index is 0.631. The van der Waals surface area contributed by atoms with Crippen LogP contribution in [0.15, 0.2) is 12.4 Å². The summed E-state index contributed by atoms with van der Waals surface area (Å²) in [5, 5.41) is 3.38. The monoisotopic (exact) mass is 260 g/mol. The van der Waals surface area contributed by atoms with Crippen LogP contribution in [0.25, 0.3) is 0 Å². The maximum Gasteiger partial charge on any atom is 0.147 e. The normalized spacial score (nSPS) is 28.4. The average molecular weight is 260 g/mol. The lowest BCUT2D eigenvalue weighted by Crippen LogP contribution is -2.44. The van der Waals surface area contributed by atoms with E-state index in [1.165, 1.54) is 31.4 Å². The van der Waals surface area contributed by atoms with Gasteiger partial charge < -0.3 is 10.2 Å². The molecule has 1 saturated carbocycles. The summed E-state index contributed by atoms with van der Waals surface area (Å²) < 4.78 is 0. The van der Waals surface area contributed by atoms with E-state index in [4.69, 9.17) is 4.98 Å². The van der Waals surface area contributed by atoms with Gasteiger partial charge in [-0.05, 0) is 18.8 Å². The van der Waals surface area contributed by atoms with Crippen molar-refractivity contribution in [1.82, 2.24) is 15.3 Å². The summed E-state index contributed by atoms with van der Waals surface area (Å²) in [6.45, 7) is 6.54. The first-order chi connectivity index (χ1) is 9.33. The van der Waals surface area contributed by atoms with Crippen molar-refractivity contribution in [3.63, 3.8) is 0 Å². The van der Waals surface area contributed by atoms with Crippen LogP contribution in [0.2, 0.25) is 0 Å². The van der Waals surface area contributed by atoms with Crippen LogP contribution in [-0.4, -0.2) is 36.1 Å². The van der Waals surface area contributed by atoms with Gasteiger partial charge in [-0.25, -0.2) is 4.98 Å². The van der Waals surface area contributed by atoms with Gasteiger partial charge in [0.25, 0.3) is 0 Å². The van der Waals surface area contributed by atoms with Crippen molar-refractivity contribution < 1.29 is 0 Å². The lowest BCUT2D eigenvalue weighted by molar-refractivity contribution is 0.343. The van der Waals surface area contributed by atoms with E-state index in [-0.39, 0.29) is 0 Å². The summed E-state index contributed by atoms with van der Waals surface area (Å²) in [6.07, 6.45) is 9.13. The van der Waals surface area contributed by atoms with Crippen LogP contribution >= 0.6 is 0 Å². The second-order valence-electron chi connectivity index (χ2n) is 6.00. The molecule has 1 aromatic heterocycles. The Morgan fingerprint density at radius 1 is 1.11 bits per heavy atom. The Kier molecular flexibility index (Phi) is 3.97. The fraction of sp³-hybridized carbons (Fsp3) is 0.733. The average Bonchev–Trinajstić information content (AvgIpc) is 2.49. The van der Waals surface area contributed by atoms with Gasteiger partial charge in [0.1, 0.15) is 5.82 Å². The number of anilines is 1. The Bertz CT molecular complexity index is 406. The van der Waals surface area contributed by atoms with Gasteiger partial charge in [-0.2, -0.15) is 0 Å². The van der Waals surface area contributed by atoms with E-state index in [1.807, 2.05) is 12.4 Å². The van der Waals surface area contributed by atoms with Crippen LogP contribution in [0.5, 0.6) is 0 Å². The van der Waals surface area contributed by atoms with Crippen molar-refractivity contribution in [2.24, 2.45) is 5.92 Å². The fourth-order valence-corrected chi connectivity index (χ4v) is 3.17. The molecule has 4 nitrogen and oxygen atoms in total. The first-order valence-corrected chi connectivity index (χ1v) is 7.60. The molecule has 2 aliphatic rings. The highest BCUT2D eigenvalue weighted by molar-refractivity contribution is 5.37. The van der Waals surface area contributed by atoms with Gasteiger partial charge in [0.05, 0.1) is 11.9 Å². The van der Waals surface area contributed by atoms with Crippen LogP contribution in [0, 0.1) is 5.92 Å². The molecule has 1 aromatic rings. The molecule has 0 unspecified atom stereocenters. The van der Waals surface area contributed by atoms with E-state index in [1.54, 1.807) is 0 Å². The topological polar surface area (TPSA) is 41.1 Å². The number of nitrogens with one attached hydrogen (secondary N) is 1. The maximum atomic E-state index is 4.88. The second kappa shape index (κ2) is 5.87. The van der Waals surface area contributed by atoms with Crippen molar-refractivity contribution in [3.8, 4) is 0 Å². The molecule has 3 rings (SSSR count). The van der Waals surface area contributed by atoms with Crippen LogP contribution in [0.1, 0.15) is 44.2 Å². The Morgan fingerprint density at radius 2 is 1.84 bits per heavy atom. The van der Waals surface area contributed by atoms with E-state index in [0.717, 1.165) is 37.9 Å². The number of nitrogens with zero attached hydrogens (tertiary/aromatic N) is 3. The predicted octanol–water partition coefficient (Wildman–Crippen LogP) is 2.18. The van der Waals surface area contributed by atoms with E-state index in [0.29, 0.717) is 5.92 Å². The van der Waals surface area contributed by atoms with Gasteiger partial charge >= 0.3 is 0 Å². The van der Waals surface area contributed by atoms with Gasteiger partial charge in [0.15, 0.2) is 0 Å². The Labute approximate surface area is 115 Å². The lowest BCUT2D eigenvalue weighted by Gasteiger charge is -2.30. The number of piperazine rings is 1. The number of rotatable bonds is 2. The van der Waals surface area contributed by atoms with Gasteiger partial charge in [-0.3, -0.25) is 4.98 Å². The van der Waals surface area contributed by atoms with E-state index >= 15 is 0 Å². The fourth-order valence-electron chi connectivity index (χ4n) is 3.17. The number of hydrogen-bond donors (Lipinski definition) is 1. The molecule has 2 fully saturated rings. The molecule has 0 radical (unpaired) electrons. The number of aromatic nitrogens is 2. The largest absolute Gasteiger partial charge is 0.353 e. The molecule has 1 N–H and O–H groups in total. The molecule has 1 aliphatic carbocycles. The first-order valence-electron chi connectivity index (χ1n) is 7.60. The summed E-state index contributed by atoms with van der Waals surface area (Å²) in [4.78, 5) is 11.7. The molecular weight excluding hydrogens is 236 g/mol. The highest BCUT2D eigenvalue weighted by atomic mass is 15.2. The molecule has 0 atom stereocenters. The molecule has 0 spiro atoms. The van der Waals surface area contributed by atoms with Crippen LogP contribution in [0.3, 0.4) is 0 Å². The molecule has 0 amide bonds. The zero-order chi connectivity index (χ0) is 13.1. The number of hydrogen-bond acceptors (Lipinski definition) is 4. The molecule has 2 heterocycles. The second-order valence-corrected chi connectivity index (χ2v) is 6.00. The Balaban J connectivity index is 1.72. The van der Waals surface area contributed by atoms with E-state index in [9.17, 15) is 0 Å². The summed E-state index contributed by atoms with van der Waals surface area (Å²) in [6, 6.07) is 0. The zero-order valence-corrected chi connectivity index (χ0v) is 11.8. The third kappa shape index (κ3) is 3.06. The zero-order valence-electron chi connectivity index (χ0n) is 11.8. The summed E-state index contributed by atoms with van der Waals surface area (Å²) in [5.41, 5.74) is 1.21. The van der Waals surface area contributed by atoms with Gasteiger partial charge in [0.2, 0.25) is 0 Å². The van der Waals surface area contributed by atoms with Gasteiger partial charge in [0, 0.05) is 38.3 Å². The minimum absolute atomic E-state index is 0.631. The van der Waals surface area contributed by atoms with Crippen molar-refractivity contribution in [1.29, 1.82) is 0 Å². The van der Waals surface area contributed by atoms with Crippen molar-refractivity contribution >= 4 is 5.82 Å². The van der Waals surface area contributed by atoms with Crippen LogP contribution < -0.4 is 10.2 Å². The van der Waals surface area contributed by atoms with Crippen LogP contribution in [-0.2, 0) is 0 Å². The molecular formula is C15H24N4. The third-order valence-corrected chi connectivity index (χ3v) is 4.52. The summed E-state index contributed by atoms with van der Waals surface area (Å²) in [7, 11) is 0. The SMILES string of the molecule is CC1CCC(c2cncc(N3CCNCC3)n2)CC1. The van der Waals surface area contributed by atoms with E-state index < -0.39 is 0 Å².